The second kappa shape index (κ2) is 7.02. The minimum Gasteiger partial charge on any atom is -0.370 e. The zero-order valence-corrected chi connectivity index (χ0v) is 12.7. The maximum atomic E-state index is 13.2. The lowest BCUT2D eigenvalue weighted by atomic mass is 10.2. The van der Waals surface area contributed by atoms with Crippen molar-refractivity contribution in [3.05, 3.63) is 47.5 Å². The largest absolute Gasteiger partial charge is 0.370 e. The molecule has 1 heterocycles. The van der Waals surface area contributed by atoms with Crippen LogP contribution in [0.3, 0.4) is 0 Å². The molecule has 1 aromatic carbocycles. The van der Waals surface area contributed by atoms with Crippen molar-refractivity contribution in [1.29, 1.82) is 0 Å². The van der Waals surface area contributed by atoms with E-state index in [1.165, 1.54) is 6.07 Å². The number of nitrogens with one attached hydrogen (secondary N) is 1. The van der Waals surface area contributed by atoms with Crippen molar-refractivity contribution in [1.82, 2.24) is 9.97 Å². The third-order valence-corrected chi connectivity index (χ3v) is 3.08. The van der Waals surface area contributed by atoms with Gasteiger partial charge in [-0.2, -0.15) is 0 Å². The van der Waals surface area contributed by atoms with Crippen LogP contribution in [0.1, 0.15) is 24.7 Å². The molecule has 0 aliphatic rings. The van der Waals surface area contributed by atoms with Crippen LogP contribution in [0.25, 0.3) is 0 Å². The van der Waals surface area contributed by atoms with Crippen molar-refractivity contribution in [3.8, 4) is 0 Å². The van der Waals surface area contributed by atoms with Gasteiger partial charge in [-0.15, -0.1) is 0 Å². The maximum Gasteiger partial charge on any atom is 0.134 e. The zero-order chi connectivity index (χ0) is 15.2. The van der Waals surface area contributed by atoms with E-state index in [2.05, 4.69) is 22.2 Å². The maximum absolute atomic E-state index is 13.2. The van der Waals surface area contributed by atoms with Crippen molar-refractivity contribution >= 4 is 11.6 Å². The van der Waals surface area contributed by atoms with E-state index < -0.39 is 0 Å². The monoisotopic (exact) mass is 288 g/mol. The molecule has 0 bridgehead atoms. The Kier molecular flexibility index (Phi) is 5.09. The molecule has 21 heavy (non-hydrogen) atoms. The number of benzene rings is 1. The molecule has 0 aliphatic heterocycles. The summed E-state index contributed by atoms with van der Waals surface area (Å²) in [6, 6.07) is 8.54. The summed E-state index contributed by atoms with van der Waals surface area (Å²) >= 11 is 0. The smallest absolute Gasteiger partial charge is 0.134 e. The number of aryl methyl sites for hydroxylation is 1. The van der Waals surface area contributed by atoms with Gasteiger partial charge in [0, 0.05) is 26.2 Å². The molecule has 112 valence electrons. The number of hydrogen-bond donors (Lipinski definition) is 1. The van der Waals surface area contributed by atoms with Gasteiger partial charge in [0.15, 0.2) is 0 Å². The quantitative estimate of drug-likeness (QED) is 0.884. The first-order valence-electron chi connectivity index (χ1n) is 7.13. The van der Waals surface area contributed by atoms with E-state index in [0.29, 0.717) is 6.54 Å². The summed E-state index contributed by atoms with van der Waals surface area (Å²) in [5, 5.41) is 3.27. The van der Waals surface area contributed by atoms with Crippen LogP contribution < -0.4 is 10.2 Å². The molecule has 2 rings (SSSR count). The lowest BCUT2D eigenvalue weighted by molar-refractivity contribution is 0.625. The normalized spacial score (nSPS) is 10.5. The fourth-order valence-corrected chi connectivity index (χ4v) is 2.08. The fraction of sp³-hybridized carbons (Fsp3) is 0.375. The minimum absolute atomic E-state index is 0.218. The molecule has 0 fully saturated rings. The second-order valence-electron chi connectivity index (χ2n) is 5.07. The van der Waals surface area contributed by atoms with Gasteiger partial charge in [-0.25, -0.2) is 14.4 Å². The van der Waals surface area contributed by atoms with Crippen LogP contribution in [0.5, 0.6) is 0 Å². The second-order valence-corrected chi connectivity index (χ2v) is 5.07. The number of hydrogen-bond acceptors (Lipinski definition) is 4. The van der Waals surface area contributed by atoms with Crippen LogP contribution in [-0.4, -0.2) is 23.6 Å². The van der Waals surface area contributed by atoms with Gasteiger partial charge in [0.2, 0.25) is 0 Å². The van der Waals surface area contributed by atoms with Crippen molar-refractivity contribution in [3.63, 3.8) is 0 Å². The van der Waals surface area contributed by atoms with Crippen LogP contribution in [-0.2, 0) is 6.54 Å². The average molecular weight is 288 g/mol. The van der Waals surface area contributed by atoms with Gasteiger partial charge in [-0.05, 0) is 31.0 Å². The summed E-state index contributed by atoms with van der Waals surface area (Å²) in [5.41, 5.74) is 0.914. The van der Waals surface area contributed by atoms with E-state index in [1.54, 1.807) is 12.1 Å². The fourth-order valence-electron chi connectivity index (χ4n) is 2.08. The van der Waals surface area contributed by atoms with Crippen LogP contribution in [0.4, 0.5) is 16.0 Å². The van der Waals surface area contributed by atoms with Gasteiger partial charge in [0.25, 0.3) is 0 Å². The first-order chi connectivity index (χ1) is 10.1. The minimum atomic E-state index is -0.218. The van der Waals surface area contributed by atoms with Gasteiger partial charge in [0.05, 0.1) is 0 Å². The van der Waals surface area contributed by atoms with E-state index in [1.807, 2.05) is 31.0 Å². The first-order valence-corrected chi connectivity index (χ1v) is 7.13. The topological polar surface area (TPSA) is 41.0 Å². The predicted octanol–water partition coefficient (Wildman–Crippen LogP) is 3.38. The Morgan fingerprint density at radius 1 is 1.24 bits per heavy atom. The number of nitrogens with zero attached hydrogens (tertiary/aromatic N) is 3. The van der Waals surface area contributed by atoms with Gasteiger partial charge in [0.1, 0.15) is 23.3 Å². The molecule has 0 atom stereocenters. The first kappa shape index (κ1) is 15.2. The molecule has 5 heteroatoms. The van der Waals surface area contributed by atoms with E-state index in [-0.39, 0.29) is 5.82 Å². The Morgan fingerprint density at radius 3 is 2.76 bits per heavy atom. The van der Waals surface area contributed by atoms with E-state index in [0.717, 1.165) is 36.0 Å². The lowest BCUT2D eigenvalue weighted by Gasteiger charge is -2.19. The molecule has 0 amide bonds. The van der Waals surface area contributed by atoms with Gasteiger partial charge in [-0.3, -0.25) is 0 Å². The molecule has 0 aliphatic carbocycles. The lowest BCUT2D eigenvalue weighted by Crippen LogP contribution is -2.19. The Bertz CT molecular complexity index is 601. The van der Waals surface area contributed by atoms with Gasteiger partial charge in [-0.1, -0.05) is 19.1 Å². The molecule has 0 spiro atoms. The number of anilines is 2. The van der Waals surface area contributed by atoms with Crippen molar-refractivity contribution in [2.45, 2.75) is 26.8 Å². The Hall–Kier alpha value is -2.17. The molecular formula is C16H21FN4. The van der Waals surface area contributed by atoms with E-state index in [4.69, 9.17) is 0 Å². The molecule has 2 aromatic rings. The molecule has 0 saturated carbocycles. The highest BCUT2D eigenvalue weighted by atomic mass is 19.1. The molecule has 0 unspecified atom stereocenters. The van der Waals surface area contributed by atoms with Crippen LogP contribution in [0.15, 0.2) is 30.3 Å². The number of aromatic nitrogens is 2. The van der Waals surface area contributed by atoms with Gasteiger partial charge < -0.3 is 10.2 Å². The average Bonchev–Trinajstić information content (AvgIpc) is 2.44. The molecule has 0 radical (unpaired) electrons. The SMILES string of the molecule is CCCNc1cc(N(C)Cc2cccc(F)c2)nc(C)n1. The molecule has 0 saturated heterocycles. The van der Waals surface area contributed by atoms with Crippen LogP contribution >= 0.6 is 0 Å². The van der Waals surface area contributed by atoms with Gasteiger partial charge >= 0.3 is 0 Å². The summed E-state index contributed by atoms with van der Waals surface area (Å²) in [6.45, 7) is 5.46. The molecule has 1 aromatic heterocycles. The Balaban J connectivity index is 2.14. The summed E-state index contributed by atoms with van der Waals surface area (Å²) in [7, 11) is 1.94. The highest BCUT2D eigenvalue weighted by Crippen LogP contribution is 2.17. The summed E-state index contributed by atoms with van der Waals surface area (Å²) in [5.74, 6) is 2.15. The predicted molar refractivity (Wildman–Crippen MR) is 84.1 cm³/mol. The van der Waals surface area contributed by atoms with E-state index in [9.17, 15) is 4.39 Å². The molecular weight excluding hydrogens is 267 g/mol. The highest BCUT2D eigenvalue weighted by Gasteiger charge is 2.07. The Morgan fingerprint density at radius 2 is 2.05 bits per heavy atom. The molecule has 4 nitrogen and oxygen atoms in total. The summed E-state index contributed by atoms with van der Waals surface area (Å²) < 4.78 is 13.2. The van der Waals surface area contributed by atoms with E-state index >= 15 is 0 Å². The van der Waals surface area contributed by atoms with Crippen LogP contribution in [0.2, 0.25) is 0 Å². The number of halogens is 1. The third-order valence-electron chi connectivity index (χ3n) is 3.08. The van der Waals surface area contributed by atoms with Crippen molar-refractivity contribution in [2.24, 2.45) is 0 Å². The Labute approximate surface area is 125 Å². The standard InChI is InChI=1S/C16H21FN4/c1-4-8-18-15-10-16(20-12(2)19-15)21(3)11-13-6-5-7-14(17)9-13/h5-7,9-10H,4,8,11H2,1-3H3,(H,18,19,20). The van der Waals surface area contributed by atoms with Crippen molar-refractivity contribution in [2.75, 3.05) is 23.8 Å². The highest BCUT2D eigenvalue weighted by molar-refractivity contribution is 5.49. The molecule has 1 N–H and O–H groups in total. The third kappa shape index (κ3) is 4.41. The van der Waals surface area contributed by atoms with Crippen molar-refractivity contribution < 1.29 is 4.39 Å². The zero-order valence-electron chi connectivity index (χ0n) is 12.7. The summed E-state index contributed by atoms with van der Waals surface area (Å²) in [4.78, 5) is 10.8. The summed E-state index contributed by atoms with van der Waals surface area (Å²) in [6.07, 6.45) is 1.04. The number of rotatable bonds is 6. The van der Waals surface area contributed by atoms with Crippen LogP contribution in [0, 0.1) is 12.7 Å².